The summed E-state index contributed by atoms with van der Waals surface area (Å²) >= 11 is 0. The number of fused-ring (bicyclic) bond motifs is 2. The number of allylic oxidation sites excluding steroid dienone is 2. The number of hydrogen-bond acceptors (Lipinski definition) is 8. The molecule has 1 N–H and O–H groups in total. The van der Waals surface area contributed by atoms with Gasteiger partial charge in [0.15, 0.2) is 0 Å². The van der Waals surface area contributed by atoms with Crippen LogP contribution in [-0.4, -0.2) is 76.0 Å². The van der Waals surface area contributed by atoms with Crippen molar-refractivity contribution in [1.29, 1.82) is 0 Å². The summed E-state index contributed by atoms with van der Waals surface area (Å²) in [5, 5.41) is 20.0. The number of hydrogen-bond donors (Lipinski definition) is 1. The molecule has 0 fully saturated rings. The minimum absolute atomic E-state index is 0.206. The maximum atomic E-state index is 13.7. The van der Waals surface area contributed by atoms with Crippen molar-refractivity contribution in [1.82, 2.24) is 37.8 Å². The lowest BCUT2D eigenvalue weighted by Crippen LogP contribution is -2.27. The quantitative estimate of drug-likeness (QED) is 0.146. The van der Waals surface area contributed by atoms with Gasteiger partial charge >= 0.3 is 0 Å². The van der Waals surface area contributed by atoms with Crippen molar-refractivity contribution >= 4 is 44.0 Å². The molecule has 0 bridgehead atoms. The Labute approximate surface area is 311 Å². The van der Waals surface area contributed by atoms with Gasteiger partial charge in [-0.3, -0.25) is 23.1 Å². The summed E-state index contributed by atoms with van der Waals surface area (Å²) in [5.41, 5.74) is 6.24. The second-order valence-corrected chi connectivity index (χ2v) is 14.6. The zero-order valence-corrected chi connectivity index (χ0v) is 32.1. The second kappa shape index (κ2) is 15.4. The Morgan fingerprint density at radius 2 is 1.30 bits per heavy atom. The molecule has 54 heavy (non-hydrogen) atoms. The van der Waals surface area contributed by atoms with Gasteiger partial charge < -0.3 is 23.4 Å². The third-order valence-electron chi connectivity index (χ3n) is 9.08. The standard InChI is InChI=1S/C37H44N10O6S/c1-8-46-30(21-24(3)40-46)34(49)38-36-42(5)27-16-10-11-17-28(27)44(36)19-12-13-20-45-33-26(32(48)23-53-54(7,51)52)15-14-18-29(33)43(6)37(45)39-35(50)31-22-25(4)41-47(31)9-2/h10-18,21-22,32,48H,8-9,19-20,23H2,1-7H3/b13-12+,38-36+,39-37+. The van der Waals surface area contributed by atoms with Crippen molar-refractivity contribution in [3.63, 3.8) is 0 Å². The minimum Gasteiger partial charge on any atom is -0.386 e. The Hall–Kier alpha value is -5.65. The number of para-hydroxylation sites is 3. The highest BCUT2D eigenvalue weighted by Crippen LogP contribution is 2.25. The van der Waals surface area contributed by atoms with Gasteiger partial charge in [-0.2, -0.15) is 28.6 Å². The molecule has 6 aromatic rings. The average Bonchev–Trinajstić information content (AvgIpc) is 3.87. The largest absolute Gasteiger partial charge is 0.386 e. The molecular weight excluding hydrogens is 713 g/mol. The summed E-state index contributed by atoms with van der Waals surface area (Å²) in [7, 11) is -0.196. The zero-order chi connectivity index (χ0) is 38.9. The van der Waals surface area contributed by atoms with Gasteiger partial charge in [0, 0.05) is 45.8 Å². The first-order valence-electron chi connectivity index (χ1n) is 17.5. The molecule has 2 aromatic carbocycles. The number of aliphatic hydroxyl groups is 1. The lowest BCUT2D eigenvalue weighted by atomic mass is 10.1. The number of rotatable bonds is 12. The van der Waals surface area contributed by atoms with Crippen LogP contribution in [0.4, 0.5) is 0 Å². The van der Waals surface area contributed by atoms with Crippen molar-refractivity contribution in [2.45, 2.75) is 60.0 Å². The molecule has 0 aliphatic rings. The molecule has 6 rings (SSSR count). The number of aliphatic hydroxyl groups excluding tert-OH is 1. The van der Waals surface area contributed by atoms with E-state index < -0.39 is 34.6 Å². The van der Waals surface area contributed by atoms with Gasteiger partial charge in [0.1, 0.15) is 17.5 Å². The average molecular weight is 757 g/mol. The zero-order valence-electron chi connectivity index (χ0n) is 31.3. The molecule has 0 aliphatic heterocycles. The third kappa shape index (κ3) is 7.55. The van der Waals surface area contributed by atoms with E-state index in [0.717, 1.165) is 23.0 Å². The number of amides is 2. The van der Waals surface area contributed by atoms with E-state index in [2.05, 4.69) is 20.2 Å². The molecule has 17 heteroatoms. The summed E-state index contributed by atoms with van der Waals surface area (Å²) in [6, 6.07) is 16.4. The van der Waals surface area contributed by atoms with Crippen molar-refractivity contribution in [2.75, 3.05) is 12.9 Å². The van der Waals surface area contributed by atoms with Crippen LogP contribution in [-0.2, 0) is 54.6 Å². The van der Waals surface area contributed by atoms with Gasteiger partial charge in [-0.15, -0.1) is 0 Å². The third-order valence-corrected chi connectivity index (χ3v) is 9.64. The molecule has 0 radical (unpaired) electrons. The number of nitrogens with zero attached hydrogens (tertiary/aromatic N) is 10. The van der Waals surface area contributed by atoms with E-state index in [1.54, 1.807) is 56.7 Å². The molecule has 2 amide bonds. The number of aryl methyl sites for hydroxylation is 6. The Balaban J connectivity index is 1.44. The first-order valence-corrected chi connectivity index (χ1v) is 19.3. The maximum Gasteiger partial charge on any atom is 0.298 e. The summed E-state index contributed by atoms with van der Waals surface area (Å²) < 4.78 is 39.1. The fraction of sp³-hybridized carbons (Fsp3) is 0.351. The fourth-order valence-corrected chi connectivity index (χ4v) is 6.99. The van der Waals surface area contributed by atoms with Crippen LogP contribution in [0.5, 0.6) is 0 Å². The molecule has 4 heterocycles. The van der Waals surface area contributed by atoms with Gasteiger partial charge in [-0.1, -0.05) is 36.4 Å². The van der Waals surface area contributed by atoms with Crippen molar-refractivity contribution in [3.8, 4) is 0 Å². The van der Waals surface area contributed by atoms with E-state index in [-0.39, 0.29) is 6.54 Å². The van der Waals surface area contributed by atoms with Crippen LogP contribution in [0, 0.1) is 13.8 Å². The summed E-state index contributed by atoms with van der Waals surface area (Å²) in [6.45, 7) is 8.50. The Morgan fingerprint density at radius 1 is 0.796 bits per heavy atom. The second-order valence-electron chi connectivity index (χ2n) is 12.9. The van der Waals surface area contributed by atoms with E-state index >= 15 is 0 Å². The number of carbonyl (C=O) groups excluding carboxylic acids is 2. The number of benzene rings is 2. The summed E-state index contributed by atoms with van der Waals surface area (Å²) in [5.74, 6) is -0.903. The predicted octanol–water partition coefficient (Wildman–Crippen LogP) is 3.07. The highest BCUT2D eigenvalue weighted by molar-refractivity contribution is 7.85. The maximum absolute atomic E-state index is 13.7. The van der Waals surface area contributed by atoms with Crippen LogP contribution < -0.4 is 11.2 Å². The smallest absolute Gasteiger partial charge is 0.298 e. The highest BCUT2D eigenvalue weighted by Gasteiger charge is 2.21. The highest BCUT2D eigenvalue weighted by atomic mass is 32.2. The van der Waals surface area contributed by atoms with Gasteiger partial charge in [0.2, 0.25) is 11.2 Å². The van der Waals surface area contributed by atoms with Crippen molar-refractivity contribution < 1.29 is 27.3 Å². The van der Waals surface area contributed by atoms with Crippen LogP contribution >= 0.6 is 0 Å². The van der Waals surface area contributed by atoms with Gasteiger partial charge in [-0.25, -0.2) is 0 Å². The Kier molecular flexibility index (Phi) is 10.8. The first kappa shape index (κ1) is 38.1. The Morgan fingerprint density at radius 3 is 1.85 bits per heavy atom. The molecule has 0 spiro atoms. The van der Waals surface area contributed by atoms with Crippen LogP contribution in [0.3, 0.4) is 0 Å². The molecular formula is C37H44N10O6S. The number of carbonyl (C=O) groups is 2. The van der Waals surface area contributed by atoms with E-state index in [9.17, 15) is 23.1 Å². The lowest BCUT2D eigenvalue weighted by Gasteiger charge is -2.13. The molecule has 4 aromatic heterocycles. The van der Waals surface area contributed by atoms with E-state index in [1.165, 1.54) is 0 Å². The lowest BCUT2D eigenvalue weighted by molar-refractivity contribution is 0.0977. The number of imidazole rings is 2. The molecule has 0 saturated carbocycles. The van der Waals surface area contributed by atoms with Crippen LogP contribution in [0.25, 0.3) is 22.1 Å². The predicted molar refractivity (Wildman–Crippen MR) is 202 cm³/mol. The Bertz CT molecular complexity index is 2680. The fourth-order valence-electron chi connectivity index (χ4n) is 6.62. The molecule has 284 valence electrons. The van der Waals surface area contributed by atoms with E-state index in [0.29, 0.717) is 64.5 Å². The number of aromatic nitrogens is 8. The SMILES string of the molecule is CCn1nc(C)cc1C(=O)/N=c1\n(C)c2ccccc2n1C/C=C/Cn1/c(=N/C(=O)c2cc(C)nn2CC)n(C)c2cccc(C(O)COS(C)(=O)=O)c21. The topological polar surface area (TPSA) is 178 Å². The van der Waals surface area contributed by atoms with E-state index in [4.69, 9.17) is 4.18 Å². The first-order chi connectivity index (χ1) is 25.7. The van der Waals surface area contributed by atoms with E-state index in [1.807, 2.05) is 79.4 Å². The van der Waals surface area contributed by atoms with Crippen LogP contribution in [0.2, 0.25) is 0 Å². The monoisotopic (exact) mass is 756 g/mol. The van der Waals surface area contributed by atoms with Gasteiger partial charge in [-0.05, 0) is 58.0 Å². The van der Waals surface area contributed by atoms with Crippen LogP contribution in [0.15, 0.2) is 76.7 Å². The molecule has 1 atom stereocenters. The molecule has 0 aliphatic carbocycles. The van der Waals surface area contributed by atoms with Crippen LogP contribution in [0.1, 0.15) is 57.9 Å². The van der Waals surface area contributed by atoms with Gasteiger partial charge in [0.05, 0.1) is 46.3 Å². The van der Waals surface area contributed by atoms with Gasteiger partial charge in [0.25, 0.3) is 21.9 Å². The molecule has 16 nitrogen and oxygen atoms in total. The summed E-state index contributed by atoms with van der Waals surface area (Å²) in [4.78, 5) is 36.3. The summed E-state index contributed by atoms with van der Waals surface area (Å²) in [6.07, 6.45) is 3.43. The van der Waals surface area contributed by atoms with Crippen molar-refractivity contribution in [3.05, 3.63) is 106 Å². The molecule has 0 saturated heterocycles. The normalized spacial score (nSPS) is 13.6. The minimum atomic E-state index is -3.82. The van der Waals surface area contributed by atoms with Crippen molar-refractivity contribution in [2.24, 2.45) is 24.1 Å². The molecule has 1 unspecified atom stereocenters.